The summed E-state index contributed by atoms with van der Waals surface area (Å²) >= 11 is 5.13. The highest BCUT2D eigenvalue weighted by atomic mass is 35.5. The van der Waals surface area contributed by atoms with Gasteiger partial charge in [0.2, 0.25) is 0 Å². The molecule has 0 radical (unpaired) electrons. The summed E-state index contributed by atoms with van der Waals surface area (Å²) in [4.78, 5) is 0. The molecule has 0 atom stereocenters. The molecular weight excluding hydrogens is 99.5 g/mol. The van der Waals surface area contributed by atoms with E-state index in [-0.39, 0.29) is 6.61 Å². The summed E-state index contributed by atoms with van der Waals surface area (Å²) in [7, 11) is 0. The van der Waals surface area contributed by atoms with Crippen molar-refractivity contribution in [2.24, 2.45) is 0 Å². The molecule has 0 amide bonds. The first kappa shape index (κ1) is 5.99. The van der Waals surface area contributed by atoms with Crippen LogP contribution in [-0.2, 0) is 0 Å². The van der Waals surface area contributed by atoms with Gasteiger partial charge in [-0.15, -0.1) is 0 Å². The van der Waals surface area contributed by atoms with Crippen LogP contribution >= 0.6 is 11.6 Å². The predicted molar refractivity (Wildman–Crippen MR) is 26.7 cm³/mol. The van der Waals surface area contributed by atoms with E-state index < -0.39 is 0 Å². The van der Waals surface area contributed by atoms with E-state index in [2.05, 4.69) is 0 Å². The second-order valence-electron chi connectivity index (χ2n) is 1.11. The zero-order valence-electron chi connectivity index (χ0n) is 3.61. The first-order valence-corrected chi connectivity index (χ1v) is 2.11. The van der Waals surface area contributed by atoms with E-state index in [9.17, 15) is 0 Å². The van der Waals surface area contributed by atoms with Crippen LogP contribution in [0.3, 0.4) is 0 Å². The third kappa shape index (κ3) is 2.24. The van der Waals surface area contributed by atoms with Gasteiger partial charge in [0.05, 0.1) is 6.61 Å². The zero-order chi connectivity index (χ0) is 4.99. The highest BCUT2D eigenvalue weighted by molar-refractivity contribution is 6.25. The molecule has 0 aromatic rings. The third-order valence-corrected chi connectivity index (χ3v) is 0.808. The monoisotopic (exact) mass is 106 g/mol. The van der Waals surface area contributed by atoms with Crippen molar-refractivity contribution in [3.63, 3.8) is 0 Å². The van der Waals surface area contributed by atoms with Crippen LogP contribution in [0.4, 0.5) is 0 Å². The second-order valence-corrected chi connectivity index (χ2v) is 1.33. The molecule has 0 fully saturated rings. The van der Waals surface area contributed by atoms with Crippen molar-refractivity contribution in [1.29, 1.82) is 0 Å². The van der Waals surface area contributed by atoms with Crippen LogP contribution in [0.2, 0.25) is 0 Å². The Bertz CT molecular complexity index is 58.6. The molecule has 0 bridgehead atoms. The van der Waals surface area contributed by atoms with Gasteiger partial charge in [-0.3, -0.25) is 0 Å². The lowest BCUT2D eigenvalue weighted by molar-refractivity contribution is 0.331. The van der Waals surface area contributed by atoms with Gasteiger partial charge in [-0.1, -0.05) is 11.6 Å². The minimum atomic E-state index is 0.0590. The van der Waals surface area contributed by atoms with E-state index in [1.807, 2.05) is 0 Å². The summed E-state index contributed by atoms with van der Waals surface area (Å²) in [6.07, 6.45) is 0. The van der Waals surface area contributed by atoms with Gasteiger partial charge in [0.15, 0.2) is 0 Å². The molecule has 0 saturated heterocycles. The van der Waals surface area contributed by atoms with Gasteiger partial charge in [-0.25, -0.2) is 0 Å². The minimum Gasteiger partial charge on any atom is -0.392 e. The molecule has 0 rings (SSSR count). The van der Waals surface area contributed by atoms with Gasteiger partial charge in [0.25, 0.3) is 0 Å². The molecule has 0 aliphatic heterocycles. The fourth-order valence-electron chi connectivity index (χ4n) is 0.0345. The maximum Gasteiger partial charge on any atom is 0.0650 e. The van der Waals surface area contributed by atoms with Gasteiger partial charge in [0.1, 0.15) is 0 Å². The summed E-state index contributed by atoms with van der Waals surface area (Å²) in [5.74, 6) is 0. The number of rotatable bonds is 1. The Balaban J connectivity index is 3.22. The standard InChI is InChI=1S/C4H7ClO/c1-4(2-5)3-6/h2,6H,3H2,1H3. The van der Waals surface area contributed by atoms with E-state index in [1.165, 1.54) is 5.54 Å². The molecule has 36 valence electrons. The lowest BCUT2D eigenvalue weighted by Crippen LogP contribution is -1.78. The van der Waals surface area contributed by atoms with Crippen LogP contribution in [-0.4, -0.2) is 11.7 Å². The van der Waals surface area contributed by atoms with Crippen LogP contribution in [0.1, 0.15) is 6.92 Å². The molecule has 0 spiro atoms. The normalized spacial score (nSPS) is 12.2. The molecule has 1 nitrogen and oxygen atoms in total. The summed E-state index contributed by atoms with van der Waals surface area (Å²) in [6.45, 7) is 1.82. The van der Waals surface area contributed by atoms with E-state index in [0.717, 1.165) is 5.57 Å². The molecule has 0 aliphatic carbocycles. The summed E-state index contributed by atoms with van der Waals surface area (Å²) in [6, 6.07) is 0. The van der Waals surface area contributed by atoms with Crippen molar-refractivity contribution in [2.45, 2.75) is 6.92 Å². The van der Waals surface area contributed by atoms with Crippen molar-refractivity contribution >= 4 is 11.6 Å². The molecule has 2 heteroatoms. The zero-order valence-corrected chi connectivity index (χ0v) is 4.37. The summed E-state index contributed by atoms with van der Waals surface area (Å²) in [5, 5.41) is 8.18. The number of hydrogen-bond acceptors (Lipinski definition) is 1. The van der Waals surface area contributed by atoms with Crippen LogP contribution in [0, 0.1) is 0 Å². The quantitative estimate of drug-likeness (QED) is 0.531. The first-order chi connectivity index (χ1) is 2.81. The Morgan fingerprint density at radius 1 is 2.00 bits per heavy atom. The fraction of sp³-hybridized carbons (Fsp3) is 0.500. The van der Waals surface area contributed by atoms with Crippen LogP contribution in [0.15, 0.2) is 11.1 Å². The van der Waals surface area contributed by atoms with Crippen LogP contribution < -0.4 is 0 Å². The number of halogens is 1. The Morgan fingerprint density at radius 2 is 2.50 bits per heavy atom. The maximum atomic E-state index is 8.18. The fourth-order valence-corrected chi connectivity index (χ4v) is 0.104. The lowest BCUT2D eigenvalue weighted by atomic mass is 10.4. The molecule has 1 N–H and O–H groups in total. The molecule has 0 aliphatic rings. The second kappa shape index (κ2) is 3.19. The van der Waals surface area contributed by atoms with Crippen LogP contribution in [0.5, 0.6) is 0 Å². The third-order valence-electron chi connectivity index (χ3n) is 0.436. The van der Waals surface area contributed by atoms with Crippen molar-refractivity contribution in [1.82, 2.24) is 0 Å². The number of hydrogen-bond donors (Lipinski definition) is 1. The molecular formula is C4H7ClO. The summed E-state index contributed by atoms with van der Waals surface area (Å²) in [5.41, 5.74) is 2.15. The van der Waals surface area contributed by atoms with Gasteiger partial charge in [-0.2, -0.15) is 0 Å². The molecule has 0 aromatic carbocycles. The maximum absolute atomic E-state index is 8.18. The van der Waals surface area contributed by atoms with E-state index in [1.54, 1.807) is 6.92 Å². The van der Waals surface area contributed by atoms with Gasteiger partial charge < -0.3 is 5.11 Å². The Hall–Kier alpha value is -0.0100. The van der Waals surface area contributed by atoms with Crippen LogP contribution in [0.25, 0.3) is 0 Å². The van der Waals surface area contributed by atoms with Crippen molar-refractivity contribution in [3.8, 4) is 0 Å². The molecule has 0 heterocycles. The van der Waals surface area contributed by atoms with Gasteiger partial charge in [0, 0.05) is 5.54 Å². The molecule has 6 heavy (non-hydrogen) atoms. The Labute approximate surface area is 42.2 Å². The largest absolute Gasteiger partial charge is 0.392 e. The predicted octanol–water partition coefficient (Wildman–Crippen LogP) is 1.12. The smallest absolute Gasteiger partial charge is 0.0650 e. The topological polar surface area (TPSA) is 20.2 Å². The van der Waals surface area contributed by atoms with E-state index in [4.69, 9.17) is 16.7 Å². The van der Waals surface area contributed by atoms with Gasteiger partial charge in [-0.05, 0) is 12.5 Å². The summed E-state index contributed by atoms with van der Waals surface area (Å²) < 4.78 is 0. The molecule has 0 aromatic heterocycles. The highest BCUT2D eigenvalue weighted by Crippen LogP contribution is 1.89. The Morgan fingerprint density at radius 3 is 2.50 bits per heavy atom. The lowest BCUT2D eigenvalue weighted by Gasteiger charge is -1.83. The Kier molecular flexibility index (Phi) is 3.19. The number of aliphatic hydroxyl groups is 1. The molecule has 0 unspecified atom stereocenters. The number of aliphatic hydroxyl groups excluding tert-OH is 1. The minimum absolute atomic E-state index is 0.0590. The van der Waals surface area contributed by atoms with Crippen molar-refractivity contribution in [2.75, 3.05) is 6.61 Å². The van der Waals surface area contributed by atoms with E-state index in [0.29, 0.717) is 0 Å². The first-order valence-electron chi connectivity index (χ1n) is 1.68. The average molecular weight is 107 g/mol. The van der Waals surface area contributed by atoms with E-state index >= 15 is 0 Å². The highest BCUT2D eigenvalue weighted by Gasteiger charge is 1.76. The van der Waals surface area contributed by atoms with Gasteiger partial charge >= 0.3 is 0 Å². The van der Waals surface area contributed by atoms with Crippen molar-refractivity contribution in [3.05, 3.63) is 11.1 Å². The molecule has 0 saturated carbocycles. The SMILES string of the molecule is CC(=CCl)CO. The van der Waals surface area contributed by atoms with Crippen molar-refractivity contribution < 1.29 is 5.11 Å². The average Bonchev–Trinajstić information content (AvgIpc) is 1.65.